The van der Waals surface area contributed by atoms with Gasteiger partial charge in [0.25, 0.3) is 5.92 Å². The van der Waals surface area contributed by atoms with Crippen molar-refractivity contribution in [2.45, 2.75) is 33.1 Å². The van der Waals surface area contributed by atoms with Crippen LogP contribution >= 0.6 is 11.6 Å². The number of allylic oxidation sites excluding steroid dienone is 4. The van der Waals surface area contributed by atoms with Crippen molar-refractivity contribution in [1.82, 2.24) is 0 Å². The van der Waals surface area contributed by atoms with Gasteiger partial charge in [0.2, 0.25) is 0 Å². The molecule has 2 N–H and O–H groups in total. The van der Waals surface area contributed by atoms with Crippen LogP contribution in [0.2, 0.25) is 0 Å². The Labute approximate surface area is 136 Å². The molecule has 0 spiro atoms. The summed E-state index contributed by atoms with van der Waals surface area (Å²) in [6.07, 6.45) is 2.22. The molecular weight excluding hydrogens is 304 g/mol. The van der Waals surface area contributed by atoms with Gasteiger partial charge in [0.15, 0.2) is 0 Å². The Bertz CT molecular complexity index is 583. The van der Waals surface area contributed by atoms with E-state index >= 15 is 0 Å². The molecule has 0 aliphatic carbocycles. The third-order valence-electron chi connectivity index (χ3n) is 3.53. The minimum atomic E-state index is -3.11. The molecule has 120 valence electrons. The zero-order chi connectivity index (χ0) is 16.9. The first-order chi connectivity index (χ1) is 10.2. The smallest absolute Gasteiger partial charge is 0.273 e. The molecule has 0 heterocycles. The van der Waals surface area contributed by atoms with E-state index in [0.29, 0.717) is 10.6 Å². The number of halogens is 3. The molecule has 0 radical (unpaired) electrons. The first-order valence-electron chi connectivity index (χ1n) is 7.18. The van der Waals surface area contributed by atoms with Crippen molar-refractivity contribution < 1.29 is 8.78 Å². The number of benzene rings is 1. The zero-order valence-corrected chi connectivity index (χ0v) is 13.9. The lowest BCUT2D eigenvalue weighted by atomic mass is 9.93. The molecule has 1 nitrogen and oxygen atoms in total. The molecule has 1 unspecified atom stereocenters. The van der Waals surface area contributed by atoms with Crippen LogP contribution in [0.1, 0.15) is 32.8 Å². The van der Waals surface area contributed by atoms with Gasteiger partial charge in [0.05, 0.1) is 5.57 Å². The molecule has 0 bridgehead atoms. The van der Waals surface area contributed by atoms with Gasteiger partial charge in [0.1, 0.15) is 0 Å². The van der Waals surface area contributed by atoms with Crippen LogP contribution in [-0.4, -0.2) is 5.92 Å². The predicted octanol–water partition coefficient (Wildman–Crippen LogP) is 5.74. The van der Waals surface area contributed by atoms with Crippen LogP contribution in [0.4, 0.5) is 8.78 Å². The molecule has 0 aromatic heterocycles. The van der Waals surface area contributed by atoms with E-state index in [-0.39, 0.29) is 22.8 Å². The van der Waals surface area contributed by atoms with Gasteiger partial charge in [-0.3, -0.25) is 0 Å². The van der Waals surface area contributed by atoms with E-state index in [4.69, 9.17) is 17.3 Å². The van der Waals surface area contributed by atoms with Crippen LogP contribution < -0.4 is 5.73 Å². The third-order valence-corrected chi connectivity index (χ3v) is 4.01. The van der Waals surface area contributed by atoms with Crippen molar-refractivity contribution in [3.8, 4) is 0 Å². The summed E-state index contributed by atoms with van der Waals surface area (Å²) in [6.45, 7) is 8.50. The summed E-state index contributed by atoms with van der Waals surface area (Å²) in [4.78, 5) is 0. The summed E-state index contributed by atoms with van der Waals surface area (Å²) >= 11 is 6.14. The Morgan fingerprint density at radius 2 is 1.91 bits per heavy atom. The first kappa shape index (κ1) is 18.4. The summed E-state index contributed by atoms with van der Waals surface area (Å²) in [6, 6.07) is 8.80. The number of alkyl halides is 2. The molecule has 0 saturated heterocycles. The fourth-order valence-corrected chi connectivity index (χ4v) is 2.31. The van der Waals surface area contributed by atoms with Gasteiger partial charge in [-0.1, -0.05) is 62.4 Å². The standard InChI is InChI=1S/C18H22ClF2N/c1-5-12(2)15(19)11-16(22)17(18(4,20)21)13(3)14-9-7-6-8-10-14/h6-12H,3,5,22H2,1-2,4H3/b15-11+,17-16-. The summed E-state index contributed by atoms with van der Waals surface area (Å²) < 4.78 is 28.1. The maximum Gasteiger partial charge on any atom is 0.273 e. The van der Waals surface area contributed by atoms with Crippen LogP contribution in [0.5, 0.6) is 0 Å². The number of rotatable bonds is 6. The van der Waals surface area contributed by atoms with Gasteiger partial charge in [-0.05, 0) is 29.6 Å². The lowest BCUT2D eigenvalue weighted by Gasteiger charge is -2.20. The molecule has 1 aromatic rings. The average Bonchev–Trinajstić information content (AvgIpc) is 2.45. The molecule has 1 atom stereocenters. The van der Waals surface area contributed by atoms with Gasteiger partial charge < -0.3 is 5.73 Å². The molecule has 0 amide bonds. The maximum absolute atomic E-state index is 14.0. The Balaban J connectivity index is 3.35. The van der Waals surface area contributed by atoms with Gasteiger partial charge in [0, 0.05) is 17.7 Å². The van der Waals surface area contributed by atoms with Crippen molar-refractivity contribution >= 4 is 17.2 Å². The van der Waals surface area contributed by atoms with Crippen molar-refractivity contribution in [1.29, 1.82) is 0 Å². The van der Waals surface area contributed by atoms with E-state index in [2.05, 4.69) is 6.58 Å². The number of hydrogen-bond donors (Lipinski definition) is 1. The van der Waals surface area contributed by atoms with Gasteiger partial charge >= 0.3 is 0 Å². The largest absolute Gasteiger partial charge is 0.398 e. The monoisotopic (exact) mass is 325 g/mol. The highest BCUT2D eigenvalue weighted by Gasteiger charge is 2.32. The van der Waals surface area contributed by atoms with Crippen LogP contribution in [0.3, 0.4) is 0 Å². The molecule has 0 fully saturated rings. The van der Waals surface area contributed by atoms with Gasteiger partial charge in [-0.25, -0.2) is 8.78 Å². The summed E-state index contributed by atoms with van der Waals surface area (Å²) in [5.41, 5.74) is 6.38. The van der Waals surface area contributed by atoms with E-state index < -0.39 is 5.92 Å². The molecule has 1 rings (SSSR count). The highest BCUT2D eigenvalue weighted by molar-refractivity contribution is 6.30. The molecule has 0 aliphatic heterocycles. The minimum Gasteiger partial charge on any atom is -0.398 e. The first-order valence-corrected chi connectivity index (χ1v) is 7.56. The topological polar surface area (TPSA) is 26.0 Å². The van der Waals surface area contributed by atoms with Crippen LogP contribution in [0.15, 0.2) is 59.3 Å². The van der Waals surface area contributed by atoms with E-state index in [1.54, 1.807) is 24.3 Å². The van der Waals surface area contributed by atoms with Crippen LogP contribution in [0, 0.1) is 5.92 Å². The molecule has 22 heavy (non-hydrogen) atoms. The third kappa shape index (κ3) is 4.70. The lowest BCUT2D eigenvalue weighted by Crippen LogP contribution is -2.20. The quantitative estimate of drug-likeness (QED) is 0.663. The second kappa shape index (κ2) is 7.59. The predicted molar refractivity (Wildman–Crippen MR) is 90.7 cm³/mol. The summed E-state index contributed by atoms with van der Waals surface area (Å²) in [5, 5.41) is 0.461. The number of hydrogen-bond acceptors (Lipinski definition) is 1. The highest BCUT2D eigenvalue weighted by Crippen LogP contribution is 2.36. The van der Waals surface area contributed by atoms with E-state index in [9.17, 15) is 8.78 Å². The van der Waals surface area contributed by atoms with Gasteiger partial charge in [-0.2, -0.15) is 0 Å². The van der Waals surface area contributed by atoms with Crippen molar-refractivity contribution in [3.05, 3.63) is 64.9 Å². The zero-order valence-electron chi connectivity index (χ0n) is 13.2. The maximum atomic E-state index is 14.0. The Hall–Kier alpha value is -1.61. The molecule has 0 aliphatic rings. The highest BCUT2D eigenvalue weighted by atomic mass is 35.5. The fourth-order valence-electron chi connectivity index (χ4n) is 2.03. The second-order valence-electron chi connectivity index (χ2n) is 5.40. The molecule has 4 heteroatoms. The van der Waals surface area contributed by atoms with Crippen LogP contribution in [0.25, 0.3) is 5.57 Å². The number of nitrogens with two attached hydrogens (primary N) is 1. The molecule has 1 aromatic carbocycles. The Morgan fingerprint density at radius 3 is 2.36 bits per heavy atom. The minimum absolute atomic E-state index is 0.0494. The SMILES string of the molecule is C=C(/C(=C(N)\C=C(\Cl)C(C)CC)C(C)(F)F)c1ccccc1. The lowest BCUT2D eigenvalue weighted by molar-refractivity contribution is 0.0680. The van der Waals surface area contributed by atoms with Crippen LogP contribution in [-0.2, 0) is 0 Å². The van der Waals surface area contributed by atoms with Crippen molar-refractivity contribution in [3.63, 3.8) is 0 Å². The Kier molecular flexibility index (Phi) is 6.36. The average molecular weight is 326 g/mol. The summed E-state index contributed by atoms with van der Waals surface area (Å²) in [7, 11) is 0. The second-order valence-corrected chi connectivity index (χ2v) is 5.84. The summed E-state index contributed by atoms with van der Waals surface area (Å²) in [5.74, 6) is -3.04. The van der Waals surface area contributed by atoms with E-state index in [1.807, 2.05) is 19.9 Å². The Morgan fingerprint density at radius 1 is 1.36 bits per heavy atom. The van der Waals surface area contributed by atoms with Crippen molar-refractivity contribution in [2.24, 2.45) is 11.7 Å². The molecular formula is C18H22ClF2N. The van der Waals surface area contributed by atoms with Crippen molar-refractivity contribution in [2.75, 3.05) is 0 Å². The van der Waals surface area contributed by atoms with E-state index in [1.165, 1.54) is 6.08 Å². The molecule has 0 saturated carbocycles. The normalized spacial score (nSPS) is 15.3. The van der Waals surface area contributed by atoms with E-state index in [0.717, 1.165) is 13.3 Å². The fraction of sp³-hybridized carbons (Fsp3) is 0.333. The van der Waals surface area contributed by atoms with Gasteiger partial charge in [-0.15, -0.1) is 0 Å².